The van der Waals surface area contributed by atoms with Crippen molar-refractivity contribution >= 4 is 29.2 Å². The van der Waals surface area contributed by atoms with Crippen LogP contribution in [0.1, 0.15) is 90.8 Å². The van der Waals surface area contributed by atoms with Gasteiger partial charge in [-0.25, -0.2) is 4.98 Å². The quantitative estimate of drug-likeness (QED) is 0.355. The standard InChI is InChI=1S/C31H50N2O6S/c1-19-9-8-10-31(7)26(33(31)11-12-34)15-23(20(2)13-24-18-40-22(4)32-24)17-39-28(37)16-27(36)30(5,6)29(38)21(3)14-25(19)35/h13,18-19,21,23,25-27,34-36H,8-12,14-17H2,1-7H3/b20-13+. The van der Waals surface area contributed by atoms with Crippen LogP contribution in [0.15, 0.2) is 11.0 Å². The number of fused-ring (bicyclic) bond motifs is 1. The van der Waals surface area contributed by atoms with Crippen molar-refractivity contribution in [1.29, 1.82) is 0 Å². The van der Waals surface area contributed by atoms with E-state index in [0.29, 0.717) is 13.0 Å². The van der Waals surface area contributed by atoms with Crippen LogP contribution in [0, 0.1) is 30.1 Å². The number of hydrogen-bond donors (Lipinski definition) is 3. The summed E-state index contributed by atoms with van der Waals surface area (Å²) in [4.78, 5) is 33.1. The molecule has 8 nitrogen and oxygen atoms in total. The zero-order valence-corrected chi connectivity index (χ0v) is 26.2. The molecule has 2 aliphatic heterocycles. The summed E-state index contributed by atoms with van der Waals surface area (Å²) < 4.78 is 5.74. The van der Waals surface area contributed by atoms with Crippen molar-refractivity contribution in [2.24, 2.45) is 23.2 Å². The van der Waals surface area contributed by atoms with Gasteiger partial charge in [-0.1, -0.05) is 39.7 Å². The molecule has 1 aromatic rings. The number of hydrogen-bond acceptors (Lipinski definition) is 9. The number of aliphatic hydroxyl groups is 3. The Balaban J connectivity index is 1.88. The van der Waals surface area contributed by atoms with E-state index in [4.69, 9.17) is 4.74 Å². The van der Waals surface area contributed by atoms with Gasteiger partial charge in [0, 0.05) is 35.3 Å². The van der Waals surface area contributed by atoms with Crippen molar-refractivity contribution < 1.29 is 29.6 Å². The first-order valence-corrected chi connectivity index (χ1v) is 15.6. The van der Waals surface area contributed by atoms with Crippen LogP contribution in [0.5, 0.6) is 0 Å². The second-order valence-corrected chi connectivity index (χ2v) is 14.0. The summed E-state index contributed by atoms with van der Waals surface area (Å²) in [6.45, 7) is 14.2. The van der Waals surface area contributed by atoms with Gasteiger partial charge in [0.15, 0.2) is 0 Å². The number of ketones is 1. The van der Waals surface area contributed by atoms with Crippen LogP contribution in [0.4, 0.5) is 0 Å². The molecule has 3 rings (SSSR count). The van der Waals surface area contributed by atoms with E-state index >= 15 is 0 Å². The van der Waals surface area contributed by atoms with Crippen LogP contribution >= 0.6 is 11.3 Å². The maximum atomic E-state index is 13.3. The molecule has 40 heavy (non-hydrogen) atoms. The van der Waals surface area contributed by atoms with Gasteiger partial charge >= 0.3 is 5.97 Å². The van der Waals surface area contributed by atoms with Crippen molar-refractivity contribution in [2.75, 3.05) is 19.8 Å². The fourth-order valence-electron chi connectivity index (χ4n) is 6.38. The van der Waals surface area contributed by atoms with E-state index < -0.39 is 29.5 Å². The first kappa shape index (κ1) is 32.9. The third kappa shape index (κ3) is 7.79. The van der Waals surface area contributed by atoms with Gasteiger partial charge in [-0.15, -0.1) is 11.3 Å². The number of cyclic esters (lactones) is 1. The molecule has 3 heterocycles. The summed E-state index contributed by atoms with van der Waals surface area (Å²) in [7, 11) is 0. The van der Waals surface area contributed by atoms with Crippen LogP contribution in [0.25, 0.3) is 6.08 Å². The molecule has 226 valence electrons. The first-order chi connectivity index (χ1) is 18.7. The number of Topliss-reactive ketones (excluding diaryl/α,β-unsaturated/α-hetero) is 1. The van der Waals surface area contributed by atoms with E-state index in [1.807, 2.05) is 32.2 Å². The third-order valence-corrected chi connectivity index (χ3v) is 10.3. The molecule has 2 saturated heterocycles. The molecule has 0 saturated carbocycles. The molecule has 3 N–H and O–H groups in total. The molecule has 8 unspecified atom stereocenters. The number of rotatable bonds is 4. The Hall–Kier alpha value is -1.65. The van der Waals surface area contributed by atoms with Crippen molar-refractivity contribution in [3.05, 3.63) is 21.7 Å². The van der Waals surface area contributed by atoms with E-state index in [1.54, 1.807) is 32.1 Å². The summed E-state index contributed by atoms with van der Waals surface area (Å²) in [6.07, 6.45) is 3.73. The molecule has 2 fully saturated rings. The largest absolute Gasteiger partial charge is 0.465 e. The number of nitrogens with zero attached hydrogens (tertiary/aromatic N) is 2. The van der Waals surface area contributed by atoms with Crippen LogP contribution in [-0.2, 0) is 14.3 Å². The Kier molecular flexibility index (Phi) is 11.1. The molecule has 0 amide bonds. The smallest absolute Gasteiger partial charge is 0.308 e. The number of aryl methyl sites for hydroxylation is 1. The van der Waals surface area contributed by atoms with Gasteiger partial charge in [-0.05, 0) is 58.4 Å². The lowest BCUT2D eigenvalue weighted by Crippen LogP contribution is -2.42. The molecule has 0 aliphatic carbocycles. The van der Waals surface area contributed by atoms with Gasteiger partial charge in [0.05, 0.1) is 48.0 Å². The second-order valence-electron chi connectivity index (χ2n) is 13.0. The summed E-state index contributed by atoms with van der Waals surface area (Å²) in [5.74, 6) is -1.18. The molecule has 0 bridgehead atoms. The topological polar surface area (TPSA) is 120 Å². The van der Waals surface area contributed by atoms with Gasteiger partial charge in [-0.2, -0.15) is 0 Å². The number of aromatic nitrogens is 1. The van der Waals surface area contributed by atoms with E-state index in [0.717, 1.165) is 42.0 Å². The normalized spacial score (nSPS) is 36.8. The lowest BCUT2D eigenvalue weighted by atomic mass is 9.74. The SMILES string of the molecule is C/C(=C\c1csc(C)n1)C1COC(=O)CC(O)C(C)(C)C(=O)C(C)CC(O)C(C)CCCC2(C)C(C1)N2CCO. The van der Waals surface area contributed by atoms with E-state index in [-0.39, 0.29) is 48.8 Å². The van der Waals surface area contributed by atoms with Crippen LogP contribution < -0.4 is 0 Å². The van der Waals surface area contributed by atoms with Gasteiger partial charge in [0.2, 0.25) is 0 Å². The Morgan fingerprint density at radius 3 is 2.55 bits per heavy atom. The highest BCUT2D eigenvalue weighted by Gasteiger charge is 2.58. The Morgan fingerprint density at radius 2 is 1.93 bits per heavy atom. The highest BCUT2D eigenvalue weighted by molar-refractivity contribution is 7.09. The first-order valence-electron chi connectivity index (χ1n) is 14.7. The lowest BCUT2D eigenvalue weighted by molar-refractivity contribution is -0.151. The molecule has 8 atom stereocenters. The van der Waals surface area contributed by atoms with Crippen LogP contribution in [0.2, 0.25) is 0 Å². The third-order valence-electron chi connectivity index (χ3n) is 9.50. The van der Waals surface area contributed by atoms with Crippen molar-refractivity contribution in [1.82, 2.24) is 9.88 Å². The minimum absolute atomic E-state index is 0.0312. The van der Waals surface area contributed by atoms with Crippen molar-refractivity contribution in [2.45, 2.75) is 111 Å². The highest BCUT2D eigenvalue weighted by Crippen LogP contribution is 2.48. The predicted octanol–water partition coefficient (Wildman–Crippen LogP) is 4.39. The van der Waals surface area contributed by atoms with Gasteiger partial charge in [0.1, 0.15) is 5.78 Å². The summed E-state index contributed by atoms with van der Waals surface area (Å²) in [5, 5.41) is 34.6. The number of thiazole rings is 1. The summed E-state index contributed by atoms with van der Waals surface area (Å²) in [5.41, 5.74) is 0.717. The molecular weight excluding hydrogens is 528 g/mol. The Morgan fingerprint density at radius 1 is 1.23 bits per heavy atom. The molecule has 1 aromatic heterocycles. The zero-order valence-electron chi connectivity index (χ0n) is 25.4. The number of esters is 1. The van der Waals surface area contributed by atoms with Gasteiger partial charge < -0.3 is 20.1 Å². The van der Waals surface area contributed by atoms with Crippen molar-refractivity contribution in [3.8, 4) is 0 Å². The molecule has 2 aliphatic rings. The minimum atomic E-state index is -1.19. The Bertz CT molecular complexity index is 1050. The van der Waals surface area contributed by atoms with Gasteiger partial charge in [0.25, 0.3) is 0 Å². The number of aliphatic hydroxyl groups excluding tert-OH is 3. The number of carbonyl (C=O) groups excluding carboxylic acids is 2. The monoisotopic (exact) mass is 578 g/mol. The average molecular weight is 579 g/mol. The van der Waals surface area contributed by atoms with Crippen LogP contribution in [0.3, 0.4) is 0 Å². The maximum absolute atomic E-state index is 13.3. The maximum Gasteiger partial charge on any atom is 0.308 e. The van der Waals surface area contributed by atoms with Crippen molar-refractivity contribution in [3.63, 3.8) is 0 Å². The van der Waals surface area contributed by atoms with E-state index in [9.17, 15) is 24.9 Å². The molecule has 0 spiro atoms. The molecular formula is C31H50N2O6S. The predicted molar refractivity (Wildman–Crippen MR) is 158 cm³/mol. The minimum Gasteiger partial charge on any atom is -0.465 e. The highest BCUT2D eigenvalue weighted by atomic mass is 32.1. The molecule has 9 heteroatoms. The summed E-state index contributed by atoms with van der Waals surface area (Å²) in [6, 6.07) is 0.227. The zero-order chi connectivity index (χ0) is 29.8. The summed E-state index contributed by atoms with van der Waals surface area (Å²) >= 11 is 1.59. The lowest BCUT2D eigenvalue weighted by Gasteiger charge is -2.32. The average Bonchev–Trinajstić information content (AvgIpc) is 3.18. The van der Waals surface area contributed by atoms with E-state index in [2.05, 4.69) is 16.8 Å². The van der Waals surface area contributed by atoms with E-state index in [1.165, 1.54) is 0 Å². The molecule has 0 aromatic carbocycles. The molecule has 0 radical (unpaired) electrons. The number of carbonyl (C=O) groups is 2. The van der Waals surface area contributed by atoms with Gasteiger partial charge in [-0.3, -0.25) is 14.5 Å². The second kappa shape index (κ2) is 13.6. The number of β-amino-alcohol motifs (C(OH)–C–C–N with tert-alkyl or cyclic N) is 1. The van der Waals surface area contributed by atoms with Crippen LogP contribution in [-0.4, -0.2) is 80.5 Å². The number of ether oxygens (including phenoxy) is 1. The fraction of sp³-hybridized carbons (Fsp3) is 0.774. The Labute approximate surface area is 243 Å². The fourth-order valence-corrected chi connectivity index (χ4v) is 6.95.